The van der Waals surface area contributed by atoms with Gasteiger partial charge in [-0.15, -0.1) is 0 Å². The van der Waals surface area contributed by atoms with Crippen molar-refractivity contribution in [1.82, 2.24) is 0 Å². The van der Waals surface area contributed by atoms with Gasteiger partial charge in [-0.1, -0.05) is 15.9 Å². The van der Waals surface area contributed by atoms with Gasteiger partial charge in [-0.05, 0) is 24.6 Å². The molecule has 0 aromatic heterocycles. The van der Waals surface area contributed by atoms with E-state index < -0.39 is 6.61 Å². The van der Waals surface area contributed by atoms with Crippen molar-refractivity contribution in [3.8, 4) is 11.8 Å². The number of nitrogens with zero attached hydrogens (tertiary/aromatic N) is 1. The summed E-state index contributed by atoms with van der Waals surface area (Å²) in [6, 6.07) is 4.83. The Morgan fingerprint density at radius 2 is 2.14 bits per heavy atom. The third-order valence-electron chi connectivity index (χ3n) is 1.59. The normalized spacial score (nSPS) is 10.0. The van der Waals surface area contributed by atoms with Crippen LogP contribution in [0.15, 0.2) is 16.6 Å². The lowest BCUT2D eigenvalue weighted by molar-refractivity contribution is -0.0500. The topological polar surface area (TPSA) is 33.0 Å². The van der Waals surface area contributed by atoms with Gasteiger partial charge in [0, 0.05) is 4.47 Å². The number of benzene rings is 1. The van der Waals surface area contributed by atoms with Crippen molar-refractivity contribution in [2.45, 2.75) is 13.5 Å². The lowest BCUT2D eigenvalue weighted by Crippen LogP contribution is -2.04. The minimum absolute atomic E-state index is 0.102. The molecule has 0 unspecified atom stereocenters. The summed E-state index contributed by atoms with van der Waals surface area (Å²) in [7, 11) is 0. The van der Waals surface area contributed by atoms with E-state index in [-0.39, 0.29) is 11.3 Å². The molecule has 5 heteroatoms. The first-order valence-corrected chi connectivity index (χ1v) is 4.49. The fourth-order valence-electron chi connectivity index (χ4n) is 1.04. The molecule has 0 N–H and O–H groups in total. The molecule has 1 rings (SSSR count). The van der Waals surface area contributed by atoms with Gasteiger partial charge in [-0.3, -0.25) is 0 Å². The van der Waals surface area contributed by atoms with Crippen molar-refractivity contribution in [3.05, 3.63) is 27.7 Å². The van der Waals surface area contributed by atoms with Crippen LogP contribution in [-0.4, -0.2) is 6.61 Å². The summed E-state index contributed by atoms with van der Waals surface area (Å²) in [5.74, 6) is -0.102. The predicted octanol–water partition coefficient (Wildman–Crippen LogP) is 3.23. The summed E-state index contributed by atoms with van der Waals surface area (Å²) >= 11 is 3.13. The first-order chi connectivity index (χ1) is 6.54. The Kier molecular flexibility index (Phi) is 3.42. The van der Waals surface area contributed by atoms with Crippen LogP contribution in [0.4, 0.5) is 8.78 Å². The molecule has 74 valence electrons. The molecule has 0 fully saturated rings. The van der Waals surface area contributed by atoms with Crippen LogP contribution in [-0.2, 0) is 0 Å². The molecule has 0 bridgehead atoms. The van der Waals surface area contributed by atoms with E-state index in [1.807, 2.05) is 6.07 Å². The van der Waals surface area contributed by atoms with Crippen molar-refractivity contribution in [2.24, 2.45) is 0 Å². The maximum absolute atomic E-state index is 12.0. The number of nitriles is 1. The number of aryl methyl sites for hydroxylation is 1. The monoisotopic (exact) mass is 261 g/mol. The van der Waals surface area contributed by atoms with Crippen LogP contribution >= 0.6 is 15.9 Å². The Hall–Kier alpha value is -1.15. The minimum Gasteiger partial charge on any atom is -0.433 e. The van der Waals surface area contributed by atoms with Gasteiger partial charge in [0.15, 0.2) is 0 Å². The molecule has 0 radical (unpaired) electrons. The highest BCUT2D eigenvalue weighted by Crippen LogP contribution is 2.27. The van der Waals surface area contributed by atoms with Gasteiger partial charge in [0.2, 0.25) is 0 Å². The zero-order chi connectivity index (χ0) is 10.7. The Morgan fingerprint density at radius 1 is 1.50 bits per heavy atom. The number of halogens is 3. The minimum atomic E-state index is -2.92. The van der Waals surface area contributed by atoms with Gasteiger partial charge >= 0.3 is 6.61 Å². The van der Waals surface area contributed by atoms with Gasteiger partial charge in [-0.25, -0.2) is 0 Å². The standard InChI is InChI=1S/C9H6BrF2NO/c1-5-2-6(10)3-8(7(5)4-13)14-9(11)12/h2-3,9H,1H3. The lowest BCUT2D eigenvalue weighted by atomic mass is 10.1. The summed E-state index contributed by atoms with van der Waals surface area (Å²) < 4.78 is 28.7. The summed E-state index contributed by atoms with van der Waals surface area (Å²) in [5, 5.41) is 8.71. The molecule has 0 heterocycles. The second-order valence-corrected chi connectivity index (χ2v) is 3.50. The van der Waals surface area contributed by atoms with E-state index in [4.69, 9.17) is 5.26 Å². The van der Waals surface area contributed by atoms with Crippen LogP contribution < -0.4 is 4.74 Å². The first kappa shape index (κ1) is 10.9. The van der Waals surface area contributed by atoms with E-state index in [1.54, 1.807) is 13.0 Å². The van der Waals surface area contributed by atoms with E-state index in [0.29, 0.717) is 10.0 Å². The van der Waals surface area contributed by atoms with Gasteiger partial charge in [0.1, 0.15) is 11.8 Å². The maximum Gasteiger partial charge on any atom is 0.387 e. The van der Waals surface area contributed by atoms with Crippen molar-refractivity contribution in [2.75, 3.05) is 0 Å². The molecule has 0 aliphatic carbocycles. The molecule has 1 aromatic rings. The van der Waals surface area contributed by atoms with Crippen LogP contribution in [0.2, 0.25) is 0 Å². The molecule has 0 saturated carbocycles. The molecule has 0 aliphatic heterocycles. The Balaban J connectivity index is 3.20. The predicted molar refractivity (Wildman–Crippen MR) is 50.2 cm³/mol. The molecule has 1 aromatic carbocycles. The zero-order valence-corrected chi connectivity index (χ0v) is 8.81. The van der Waals surface area contributed by atoms with E-state index in [0.717, 1.165) is 0 Å². The van der Waals surface area contributed by atoms with E-state index in [1.165, 1.54) is 6.07 Å². The third-order valence-corrected chi connectivity index (χ3v) is 2.05. The van der Waals surface area contributed by atoms with E-state index in [9.17, 15) is 8.78 Å². The van der Waals surface area contributed by atoms with Crippen molar-refractivity contribution < 1.29 is 13.5 Å². The summed E-state index contributed by atoms with van der Waals surface area (Å²) in [6.45, 7) is -1.27. The molecular formula is C9H6BrF2NO. The van der Waals surface area contributed by atoms with Crippen LogP contribution in [0.25, 0.3) is 0 Å². The lowest BCUT2D eigenvalue weighted by Gasteiger charge is -2.08. The van der Waals surface area contributed by atoms with Gasteiger partial charge in [0.05, 0.1) is 5.56 Å². The fraction of sp³-hybridized carbons (Fsp3) is 0.222. The average molecular weight is 262 g/mol. The number of alkyl halides is 2. The molecule has 0 saturated heterocycles. The molecule has 0 spiro atoms. The molecule has 0 aliphatic rings. The molecular weight excluding hydrogens is 256 g/mol. The smallest absolute Gasteiger partial charge is 0.387 e. The van der Waals surface area contributed by atoms with Gasteiger partial charge in [0.25, 0.3) is 0 Å². The van der Waals surface area contributed by atoms with Crippen LogP contribution in [0.5, 0.6) is 5.75 Å². The van der Waals surface area contributed by atoms with Crippen LogP contribution in [0.3, 0.4) is 0 Å². The summed E-state index contributed by atoms with van der Waals surface area (Å²) in [5.41, 5.74) is 0.728. The van der Waals surface area contributed by atoms with Crippen molar-refractivity contribution in [1.29, 1.82) is 5.26 Å². The second kappa shape index (κ2) is 4.38. The first-order valence-electron chi connectivity index (χ1n) is 3.69. The number of hydrogen-bond acceptors (Lipinski definition) is 2. The fourth-order valence-corrected chi connectivity index (χ4v) is 1.60. The van der Waals surface area contributed by atoms with Crippen LogP contribution in [0.1, 0.15) is 11.1 Å². The molecule has 2 nitrogen and oxygen atoms in total. The summed E-state index contributed by atoms with van der Waals surface area (Å²) in [4.78, 5) is 0. The van der Waals surface area contributed by atoms with E-state index in [2.05, 4.69) is 20.7 Å². The summed E-state index contributed by atoms with van der Waals surface area (Å²) in [6.07, 6.45) is 0. The zero-order valence-electron chi connectivity index (χ0n) is 7.22. The van der Waals surface area contributed by atoms with Crippen molar-refractivity contribution >= 4 is 15.9 Å². The number of ether oxygens (including phenoxy) is 1. The van der Waals surface area contributed by atoms with Crippen molar-refractivity contribution in [3.63, 3.8) is 0 Å². The maximum atomic E-state index is 12.0. The Labute approximate surface area is 88.2 Å². The Bertz CT molecular complexity index is 387. The van der Waals surface area contributed by atoms with E-state index >= 15 is 0 Å². The highest BCUT2D eigenvalue weighted by atomic mass is 79.9. The third kappa shape index (κ3) is 2.42. The van der Waals surface area contributed by atoms with Gasteiger partial charge in [-0.2, -0.15) is 14.0 Å². The highest BCUT2D eigenvalue weighted by molar-refractivity contribution is 9.10. The average Bonchev–Trinajstić information content (AvgIpc) is 2.01. The molecule has 0 atom stereocenters. The number of hydrogen-bond donors (Lipinski definition) is 0. The molecule has 0 amide bonds. The second-order valence-electron chi connectivity index (χ2n) is 2.59. The Morgan fingerprint density at radius 3 is 2.64 bits per heavy atom. The largest absolute Gasteiger partial charge is 0.433 e. The SMILES string of the molecule is Cc1cc(Br)cc(OC(F)F)c1C#N. The quantitative estimate of drug-likeness (QED) is 0.819. The van der Waals surface area contributed by atoms with Gasteiger partial charge < -0.3 is 4.74 Å². The number of rotatable bonds is 2. The van der Waals surface area contributed by atoms with Crippen LogP contribution in [0, 0.1) is 18.3 Å². The molecule has 14 heavy (non-hydrogen) atoms. The highest BCUT2D eigenvalue weighted by Gasteiger charge is 2.12.